The molecule has 0 N–H and O–H groups in total. The average molecular weight is 548 g/mol. The van der Waals surface area contributed by atoms with Gasteiger partial charge in [0.25, 0.3) is 0 Å². The van der Waals surface area contributed by atoms with Crippen molar-refractivity contribution in [3.05, 3.63) is 75.3 Å². The Bertz CT molecular complexity index is 1500. The van der Waals surface area contributed by atoms with Gasteiger partial charge in [-0.2, -0.15) is 0 Å². The van der Waals surface area contributed by atoms with Crippen LogP contribution in [0.25, 0.3) is 21.3 Å². The third-order valence-corrected chi connectivity index (χ3v) is 9.03. The van der Waals surface area contributed by atoms with Gasteiger partial charge in [-0.1, -0.05) is 48.0 Å². The number of likely N-dealkylation sites (tertiary alicyclic amines) is 1. The molecule has 196 valence electrons. The van der Waals surface area contributed by atoms with Crippen molar-refractivity contribution in [2.75, 3.05) is 27.3 Å². The lowest BCUT2D eigenvalue weighted by atomic mass is 9.95. The number of carbonyl (C=O) groups excluding carboxylic acids is 1. The number of amides is 1. The predicted octanol–water partition coefficient (Wildman–Crippen LogP) is 6.31. The lowest BCUT2D eigenvalue weighted by Gasteiger charge is -2.27. The zero-order valence-electron chi connectivity index (χ0n) is 21.6. The summed E-state index contributed by atoms with van der Waals surface area (Å²) in [6, 6.07) is 16.5. The van der Waals surface area contributed by atoms with E-state index in [-0.39, 0.29) is 5.91 Å². The molecule has 2 aromatic carbocycles. The largest absolute Gasteiger partial charge is 0.493 e. The molecule has 0 saturated carbocycles. The molecular weight excluding hydrogens is 518 g/mol. The van der Waals surface area contributed by atoms with Crippen molar-refractivity contribution in [2.45, 2.75) is 38.9 Å². The normalized spacial score (nSPS) is 15.8. The van der Waals surface area contributed by atoms with Gasteiger partial charge in [0.2, 0.25) is 5.91 Å². The van der Waals surface area contributed by atoms with Gasteiger partial charge in [-0.15, -0.1) is 11.3 Å². The van der Waals surface area contributed by atoms with Crippen molar-refractivity contribution in [1.29, 1.82) is 0 Å². The second kappa shape index (κ2) is 10.6. The number of halogens is 1. The molecule has 1 fully saturated rings. The first-order chi connectivity index (χ1) is 18.6. The molecule has 2 aromatic heterocycles. The number of pyridine rings is 1. The van der Waals surface area contributed by atoms with Crippen molar-refractivity contribution in [2.24, 2.45) is 0 Å². The van der Waals surface area contributed by atoms with Gasteiger partial charge in [0.1, 0.15) is 4.83 Å². The van der Waals surface area contributed by atoms with Gasteiger partial charge in [0, 0.05) is 48.4 Å². The minimum absolute atomic E-state index is 0.164. The number of aromatic nitrogens is 1. The van der Waals surface area contributed by atoms with Crippen LogP contribution in [0.1, 0.15) is 34.5 Å². The number of hydrogen-bond acceptors (Lipinski definition) is 6. The molecule has 1 amide bonds. The lowest BCUT2D eigenvalue weighted by Crippen LogP contribution is -2.29. The molecule has 0 aliphatic carbocycles. The molecule has 0 unspecified atom stereocenters. The van der Waals surface area contributed by atoms with Crippen LogP contribution in [0.5, 0.6) is 11.5 Å². The van der Waals surface area contributed by atoms with Crippen LogP contribution in [0.3, 0.4) is 0 Å². The number of fused-ring (bicyclic) bond motifs is 3. The molecule has 4 aromatic rings. The SMILES string of the molecule is COc1ccc(-c2c(Cl)c(CN3CCCC3=O)nc3sc4c(c23)CCN(Cc2ccccc2)C4)cc1OC. The van der Waals surface area contributed by atoms with Crippen LogP contribution in [0.15, 0.2) is 48.5 Å². The monoisotopic (exact) mass is 547 g/mol. The van der Waals surface area contributed by atoms with Gasteiger partial charge >= 0.3 is 0 Å². The summed E-state index contributed by atoms with van der Waals surface area (Å²) in [6.07, 6.45) is 2.41. The Morgan fingerprint density at radius 2 is 1.82 bits per heavy atom. The van der Waals surface area contributed by atoms with Gasteiger partial charge in [0.05, 0.1) is 31.5 Å². The minimum Gasteiger partial charge on any atom is -0.493 e. The van der Waals surface area contributed by atoms with E-state index in [0.29, 0.717) is 29.5 Å². The molecule has 38 heavy (non-hydrogen) atoms. The number of benzene rings is 2. The van der Waals surface area contributed by atoms with Gasteiger partial charge in [0.15, 0.2) is 11.5 Å². The highest BCUT2D eigenvalue weighted by atomic mass is 35.5. The predicted molar refractivity (Wildman–Crippen MR) is 152 cm³/mol. The quantitative estimate of drug-likeness (QED) is 0.271. The van der Waals surface area contributed by atoms with Crippen LogP contribution in [0.2, 0.25) is 5.02 Å². The Labute approximate surface area is 231 Å². The van der Waals surface area contributed by atoms with Crippen molar-refractivity contribution >= 4 is 39.1 Å². The summed E-state index contributed by atoms with van der Waals surface area (Å²) in [5, 5.41) is 1.73. The van der Waals surface area contributed by atoms with E-state index in [1.807, 2.05) is 23.1 Å². The molecule has 2 aliphatic rings. The van der Waals surface area contributed by atoms with Crippen LogP contribution >= 0.6 is 22.9 Å². The van der Waals surface area contributed by atoms with E-state index in [9.17, 15) is 4.79 Å². The van der Waals surface area contributed by atoms with Crippen molar-refractivity contribution in [3.63, 3.8) is 0 Å². The van der Waals surface area contributed by atoms with Crippen LogP contribution in [-0.2, 0) is 30.8 Å². The lowest BCUT2D eigenvalue weighted by molar-refractivity contribution is -0.128. The summed E-state index contributed by atoms with van der Waals surface area (Å²) in [6.45, 7) is 3.95. The number of methoxy groups -OCH3 is 2. The number of hydrogen-bond donors (Lipinski definition) is 0. The maximum Gasteiger partial charge on any atom is 0.222 e. The maximum atomic E-state index is 12.4. The molecule has 0 spiro atoms. The number of carbonyl (C=O) groups is 1. The van der Waals surface area contributed by atoms with Crippen LogP contribution in [0, 0.1) is 0 Å². The minimum atomic E-state index is 0.164. The Morgan fingerprint density at radius 1 is 1.00 bits per heavy atom. The Hall–Kier alpha value is -3.13. The first-order valence-corrected chi connectivity index (χ1v) is 14.1. The number of rotatable bonds is 7. The topological polar surface area (TPSA) is 54.9 Å². The van der Waals surface area contributed by atoms with E-state index in [4.69, 9.17) is 26.1 Å². The molecule has 2 aliphatic heterocycles. The average Bonchev–Trinajstić information content (AvgIpc) is 3.51. The summed E-state index contributed by atoms with van der Waals surface area (Å²) in [4.78, 5) is 24.2. The van der Waals surface area contributed by atoms with E-state index in [0.717, 1.165) is 66.1 Å². The number of thiophene rings is 1. The van der Waals surface area contributed by atoms with E-state index in [1.165, 1.54) is 16.0 Å². The van der Waals surface area contributed by atoms with Crippen molar-refractivity contribution in [3.8, 4) is 22.6 Å². The molecule has 8 heteroatoms. The van der Waals surface area contributed by atoms with E-state index >= 15 is 0 Å². The highest BCUT2D eigenvalue weighted by molar-refractivity contribution is 7.19. The molecule has 6 nitrogen and oxygen atoms in total. The van der Waals surface area contributed by atoms with E-state index < -0.39 is 0 Å². The second-order valence-corrected chi connectivity index (χ2v) is 11.3. The van der Waals surface area contributed by atoms with E-state index in [1.54, 1.807) is 25.6 Å². The van der Waals surface area contributed by atoms with E-state index in [2.05, 4.69) is 35.2 Å². The summed E-state index contributed by atoms with van der Waals surface area (Å²) in [5.74, 6) is 1.49. The fourth-order valence-electron chi connectivity index (χ4n) is 5.60. The summed E-state index contributed by atoms with van der Waals surface area (Å²) >= 11 is 8.93. The molecule has 1 saturated heterocycles. The fourth-order valence-corrected chi connectivity index (χ4v) is 7.20. The molecule has 0 bridgehead atoms. The summed E-state index contributed by atoms with van der Waals surface area (Å²) in [5.41, 5.74) is 5.33. The van der Waals surface area contributed by atoms with Gasteiger partial charge < -0.3 is 14.4 Å². The second-order valence-electron chi connectivity index (χ2n) is 9.87. The van der Waals surface area contributed by atoms with Crippen molar-refractivity contribution < 1.29 is 14.3 Å². The molecule has 4 heterocycles. The fraction of sp³-hybridized carbons (Fsp3) is 0.333. The van der Waals surface area contributed by atoms with Crippen LogP contribution < -0.4 is 9.47 Å². The molecule has 6 rings (SSSR count). The summed E-state index contributed by atoms with van der Waals surface area (Å²) in [7, 11) is 3.28. The molecular formula is C30H30ClN3O3S. The molecule has 0 atom stereocenters. The van der Waals surface area contributed by atoms with Crippen molar-refractivity contribution in [1.82, 2.24) is 14.8 Å². The van der Waals surface area contributed by atoms with Crippen LogP contribution in [-0.4, -0.2) is 48.0 Å². The number of ether oxygens (including phenoxy) is 2. The number of nitrogens with zero attached hydrogens (tertiary/aromatic N) is 3. The first kappa shape index (κ1) is 25.2. The van der Waals surface area contributed by atoms with Crippen LogP contribution in [0.4, 0.5) is 0 Å². The van der Waals surface area contributed by atoms with Gasteiger partial charge in [-0.05, 0) is 41.7 Å². The zero-order valence-corrected chi connectivity index (χ0v) is 23.2. The highest BCUT2D eigenvalue weighted by Gasteiger charge is 2.29. The highest BCUT2D eigenvalue weighted by Crippen LogP contribution is 2.46. The Kier molecular flexibility index (Phi) is 6.99. The Morgan fingerprint density at radius 3 is 2.55 bits per heavy atom. The first-order valence-electron chi connectivity index (χ1n) is 12.9. The summed E-state index contributed by atoms with van der Waals surface area (Å²) < 4.78 is 11.1. The van der Waals surface area contributed by atoms with Gasteiger partial charge in [-0.3, -0.25) is 9.69 Å². The zero-order chi connectivity index (χ0) is 26.2. The molecule has 0 radical (unpaired) electrons. The maximum absolute atomic E-state index is 12.4. The third kappa shape index (κ3) is 4.64. The Balaban J connectivity index is 1.46. The smallest absolute Gasteiger partial charge is 0.222 e. The van der Waals surface area contributed by atoms with Gasteiger partial charge in [-0.25, -0.2) is 4.98 Å². The third-order valence-electron chi connectivity index (χ3n) is 7.51. The standard InChI is InChI=1S/C30H30ClN3O3S/c1-36-23-11-10-20(15-24(23)37-2)27-28-21-12-14-33(16-19-7-4-3-5-8-19)18-25(21)38-30(28)32-22(29(27)31)17-34-13-6-9-26(34)35/h3-5,7-8,10-11,15H,6,9,12-14,16-18H2,1-2H3.